The first kappa shape index (κ1) is 14.5. The molecule has 1 aromatic carbocycles. The van der Waals surface area contributed by atoms with Gasteiger partial charge in [-0.15, -0.1) is 0 Å². The summed E-state index contributed by atoms with van der Waals surface area (Å²) in [6.45, 7) is 2.22. The van der Waals surface area contributed by atoms with Gasteiger partial charge in [-0.2, -0.15) is 5.10 Å². The molecule has 0 aliphatic rings. The van der Waals surface area contributed by atoms with E-state index in [0.29, 0.717) is 40.8 Å². The molecule has 0 spiro atoms. The van der Waals surface area contributed by atoms with E-state index >= 15 is 0 Å². The van der Waals surface area contributed by atoms with Crippen LogP contribution in [0.15, 0.2) is 12.1 Å². The predicted molar refractivity (Wildman–Crippen MR) is 74.1 cm³/mol. The second-order valence-electron chi connectivity index (χ2n) is 4.30. The number of carboxylic acid groups (broad SMARTS) is 1. The molecular weight excluding hydrogens is 282 g/mol. The Balaban J connectivity index is 2.39. The molecule has 0 atom stereocenters. The summed E-state index contributed by atoms with van der Waals surface area (Å²) in [5, 5.41) is 16.4. The number of aromatic carboxylic acids is 1. The van der Waals surface area contributed by atoms with Crippen LogP contribution < -0.4 is 0 Å². The Labute approximate surface area is 120 Å². The van der Waals surface area contributed by atoms with Gasteiger partial charge in [0.1, 0.15) is 5.82 Å². The number of aromatic nitrogens is 3. The third-order valence-electron chi connectivity index (χ3n) is 2.86. The number of halogens is 1. The van der Waals surface area contributed by atoms with Gasteiger partial charge in [0, 0.05) is 19.1 Å². The van der Waals surface area contributed by atoms with E-state index in [-0.39, 0.29) is 5.56 Å². The Hall–Kier alpha value is -1.92. The van der Waals surface area contributed by atoms with E-state index in [9.17, 15) is 4.79 Å². The van der Waals surface area contributed by atoms with Crippen molar-refractivity contribution >= 4 is 17.6 Å². The molecular formula is C13H14ClN3O3. The lowest BCUT2D eigenvalue weighted by Gasteiger charge is -2.05. The number of aryl methyl sites for hydroxylation is 1. The third kappa shape index (κ3) is 2.97. The average molecular weight is 296 g/mol. The molecule has 2 N–H and O–H groups in total. The largest absolute Gasteiger partial charge is 0.478 e. The van der Waals surface area contributed by atoms with Crippen LogP contribution in [0.3, 0.4) is 0 Å². The van der Waals surface area contributed by atoms with Gasteiger partial charge in [0.25, 0.3) is 0 Å². The van der Waals surface area contributed by atoms with Crippen molar-refractivity contribution in [1.29, 1.82) is 0 Å². The number of hydrogen-bond donors (Lipinski definition) is 2. The van der Waals surface area contributed by atoms with Crippen molar-refractivity contribution in [3.05, 3.63) is 34.1 Å². The fraction of sp³-hybridized carbons (Fsp3) is 0.308. The van der Waals surface area contributed by atoms with Crippen molar-refractivity contribution in [2.75, 3.05) is 13.7 Å². The molecule has 106 valence electrons. The van der Waals surface area contributed by atoms with Crippen molar-refractivity contribution in [1.82, 2.24) is 15.2 Å². The molecule has 0 fully saturated rings. The molecule has 0 radical (unpaired) electrons. The number of benzene rings is 1. The molecule has 0 aliphatic heterocycles. The van der Waals surface area contributed by atoms with Crippen LogP contribution in [0.1, 0.15) is 21.7 Å². The van der Waals surface area contributed by atoms with Gasteiger partial charge in [0.15, 0.2) is 5.82 Å². The highest BCUT2D eigenvalue weighted by atomic mass is 35.5. The molecule has 20 heavy (non-hydrogen) atoms. The molecule has 0 bridgehead atoms. The summed E-state index contributed by atoms with van der Waals surface area (Å²) in [6.07, 6.45) is 0.596. The normalized spacial score (nSPS) is 10.8. The molecule has 6 nitrogen and oxygen atoms in total. The zero-order valence-corrected chi connectivity index (χ0v) is 11.9. The van der Waals surface area contributed by atoms with Crippen LogP contribution in [0.2, 0.25) is 5.02 Å². The van der Waals surface area contributed by atoms with Gasteiger partial charge < -0.3 is 9.84 Å². The van der Waals surface area contributed by atoms with E-state index in [1.165, 1.54) is 6.07 Å². The van der Waals surface area contributed by atoms with Gasteiger partial charge in [-0.1, -0.05) is 11.6 Å². The summed E-state index contributed by atoms with van der Waals surface area (Å²) in [6, 6.07) is 3.09. The first-order valence-electron chi connectivity index (χ1n) is 5.97. The smallest absolute Gasteiger partial charge is 0.335 e. The van der Waals surface area contributed by atoms with E-state index in [4.69, 9.17) is 21.4 Å². The number of nitrogens with zero attached hydrogens (tertiary/aromatic N) is 2. The molecule has 1 heterocycles. The number of rotatable bonds is 5. The highest BCUT2D eigenvalue weighted by molar-refractivity contribution is 6.33. The molecule has 0 unspecified atom stereocenters. The van der Waals surface area contributed by atoms with Crippen LogP contribution in [-0.2, 0) is 11.2 Å². The van der Waals surface area contributed by atoms with Crippen molar-refractivity contribution in [3.8, 4) is 11.4 Å². The predicted octanol–water partition coefficient (Wildman–Crippen LogP) is 2.32. The molecule has 1 aromatic heterocycles. The van der Waals surface area contributed by atoms with E-state index in [1.807, 2.05) is 0 Å². The van der Waals surface area contributed by atoms with Crippen molar-refractivity contribution in [2.24, 2.45) is 0 Å². The Kier molecular flexibility index (Phi) is 4.36. The van der Waals surface area contributed by atoms with Crippen LogP contribution in [-0.4, -0.2) is 40.0 Å². The number of carbonyl (C=O) groups is 1. The van der Waals surface area contributed by atoms with Gasteiger partial charge in [0.05, 0.1) is 17.2 Å². The quantitative estimate of drug-likeness (QED) is 0.884. The maximum absolute atomic E-state index is 11.2. The van der Waals surface area contributed by atoms with E-state index in [2.05, 4.69) is 15.2 Å². The number of hydrogen-bond acceptors (Lipinski definition) is 4. The summed E-state index contributed by atoms with van der Waals surface area (Å²) in [4.78, 5) is 15.4. The molecule has 0 amide bonds. The molecule has 2 rings (SSSR count). The van der Waals surface area contributed by atoms with Gasteiger partial charge in [-0.25, -0.2) is 9.78 Å². The van der Waals surface area contributed by atoms with E-state index < -0.39 is 5.97 Å². The lowest BCUT2D eigenvalue weighted by atomic mass is 10.0. The standard InChI is InChI=1S/C13H14ClN3O3/c1-7-5-10(14)9(6-8(7)13(18)19)12-15-11(16-17-12)3-4-20-2/h5-6H,3-4H2,1-2H3,(H,18,19)(H,15,16,17). The number of nitrogens with one attached hydrogen (secondary N) is 1. The Bertz CT molecular complexity index is 640. The fourth-order valence-electron chi connectivity index (χ4n) is 1.80. The van der Waals surface area contributed by atoms with Gasteiger partial charge in [-0.3, -0.25) is 5.10 Å². The first-order valence-corrected chi connectivity index (χ1v) is 6.34. The minimum atomic E-state index is -1.00. The summed E-state index contributed by atoms with van der Waals surface area (Å²) in [7, 11) is 1.60. The van der Waals surface area contributed by atoms with Crippen molar-refractivity contribution in [3.63, 3.8) is 0 Å². The molecule has 7 heteroatoms. The monoisotopic (exact) mass is 295 g/mol. The molecule has 0 saturated carbocycles. The topological polar surface area (TPSA) is 88.1 Å². The number of aromatic amines is 1. The number of H-pyrrole nitrogens is 1. The Morgan fingerprint density at radius 2 is 2.25 bits per heavy atom. The lowest BCUT2D eigenvalue weighted by molar-refractivity contribution is 0.0696. The van der Waals surface area contributed by atoms with Crippen LogP contribution in [0.4, 0.5) is 0 Å². The second-order valence-corrected chi connectivity index (χ2v) is 4.71. The molecule has 2 aromatic rings. The summed E-state index contributed by atoms with van der Waals surface area (Å²) >= 11 is 6.14. The van der Waals surface area contributed by atoms with Gasteiger partial charge >= 0.3 is 5.97 Å². The number of ether oxygens (including phenoxy) is 1. The number of carboxylic acids is 1. The van der Waals surface area contributed by atoms with Crippen LogP contribution in [0.25, 0.3) is 11.4 Å². The van der Waals surface area contributed by atoms with Crippen LogP contribution in [0, 0.1) is 6.92 Å². The van der Waals surface area contributed by atoms with Crippen molar-refractivity contribution < 1.29 is 14.6 Å². The maximum Gasteiger partial charge on any atom is 0.335 e. The Morgan fingerprint density at radius 3 is 2.90 bits per heavy atom. The van der Waals surface area contributed by atoms with E-state index in [0.717, 1.165) is 0 Å². The zero-order valence-electron chi connectivity index (χ0n) is 11.1. The third-order valence-corrected chi connectivity index (χ3v) is 3.17. The highest BCUT2D eigenvalue weighted by Gasteiger charge is 2.15. The maximum atomic E-state index is 11.2. The van der Waals surface area contributed by atoms with Crippen molar-refractivity contribution in [2.45, 2.75) is 13.3 Å². The zero-order chi connectivity index (χ0) is 14.7. The summed E-state index contributed by atoms with van der Waals surface area (Å²) in [5.74, 6) is 0.0366. The SMILES string of the molecule is COCCc1nc(-c2cc(C(=O)O)c(C)cc2Cl)n[nH]1. The van der Waals surface area contributed by atoms with Crippen LogP contribution >= 0.6 is 11.6 Å². The summed E-state index contributed by atoms with van der Waals surface area (Å²) in [5.41, 5.74) is 1.28. The number of methoxy groups -OCH3 is 1. The van der Waals surface area contributed by atoms with E-state index in [1.54, 1.807) is 20.1 Å². The Morgan fingerprint density at radius 1 is 1.50 bits per heavy atom. The van der Waals surface area contributed by atoms with Gasteiger partial charge in [0.2, 0.25) is 0 Å². The average Bonchev–Trinajstić information content (AvgIpc) is 2.84. The second kappa shape index (κ2) is 6.02. The van der Waals surface area contributed by atoms with Crippen LogP contribution in [0.5, 0.6) is 0 Å². The minimum absolute atomic E-state index is 0.188. The summed E-state index contributed by atoms with van der Waals surface area (Å²) < 4.78 is 4.96. The molecule has 0 aliphatic carbocycles. The first-order chi connectivity index (χ1) is 9.52. The lowest BCUT2D eigenvalue weighted by Crippen LogP contribution is -2.01. The minimum Gasteiger partial charge on any atom is -0.478 e. The molecule has 0 saturated heterocycles. The fourth-order valence-corrected chi connectivity index (χ4v) is 2.10. The highest BCUT2D eigenvalue weighted by Crippen LogP contribution is 2.28. The van der Waals surface area contributed by atoms with Gasteiger partial charge in [-0.05, 0) is 24.6 Å².